The van der Waals surface area contributed by atoms with E-state index in [1.54, 1.807) is 11.3 Å². The van der Waals surface area contributed by atoms with Gasteiger partial charge in [-0.15, -0.1) is 11.3 Å². The normalized spacial score (nSPS) is 19.8. The predicted molar refractivity (Wildman–Crippen MR) is 58.8 cm³/mol. The van der Waals surface area contributed by atoms with E-state index >= 15 is 0 Å². The highest BCUT2D eigenvalue weighted by Crippen LogP contribution is 2.25. The van der Waals surface area contributed by atoms with Crippen molar-refractivity contribution in [3.63, 3.8) is 0 Å². The number of likely N-dealkylation sites (tertiary alicyclic amines) is 1. The fourth-order valence-corrected chi connectivity index (χ4v) is 2.56. The third kappa shape index (κ3) is 1.80. The molecule has 1 atom stereocenters. The molecule has 2 rings (SSSR count). The molecule has 1 N–H and O–H groups in total. The molecular weight excluding hydrogens is 194 g/mol. The number of piperidine rings is 1. The number of thiazole rings is 1. The van der Waals surface area contributed by atoms with Gasteiger partial charge in [0.25, 0.3) is 0 Å². The van der Waals surface area contributed by atoms with Crippen molar-refractivity contribution in [2.24, 2.45) is 0 Å². The average molecular weight is 209 g/mol. The van der Waals surface area contributed by atoms with Crippen LogP contribution in [-0.4, -0.2) is 22.3 Å². The zero-order valence-corrected chi connectivity index (χ0v) is 9.18. The first-order valence-corrected chi connectivity index (χ1v) is 5.90. The van der Waals surface area contributed by atoms with Crippen molar-refractivity contribution in [2.45, 2.75) is 32.2 Å². The van der Waals surface area contributed by atoms with Crippen LogP contribution in [0.3, 0.4) is 0 Å². The summed E-state index contributed by atoms with van der Waals surface area (Å²) in [5.74, 6) is 0.777. The van der Waals surface area contributed by atoms with Gasteiger partial charge in [-0.1, -0.05) is 0 Å². The fraction of sp³-hybridized carbons (Fsp3) is 0.600. The van der Waals surface area contributed by atoms with Gasteiger partial charge in [0.15, 0.2) is 0 Å². The van der Waals surface area contributed by atoms with E-state index in [1.165, 1.54) is 12.8 Å². The maximum absolute atomic E-state index is 7.88. The lowest BCUT2D eigenvalue weighted by Crippen LogP contribution is -2.36. The molecule has 4 heteroatoms. The zero-order chi connectivity index (χ0) is 9.97. The van der Waals surface area contributed by atoms with E-state index in [9.17, 15) is 0 Å². The van der Waals surface area contributed by atoms with Crippen LogP contribution in [0.15, 0.2) is 11.6 Å². The topological polar surface area (TPSA) is 40.0 Å². The third-order valence-corrected chi connectivity index (χ3v) is 3.63. The summed E-state index contributed by atoms with van der Waals surface area (Å²) in [6, 6.07) is 0.280. The highest BCUT2D eigenvalue weighted by atomic mass is 32.1. The molecule has 1 aliphatic heterocycles. The first-order valence-electron chi connectivity index (χ1n) is 5.02. The molecule has 1 fully saturated rings. The quantitative estimate of drug-likeness (QED) is 0.813. The van der Waals surface area contributed by atoms with Gasteiger partial charge in [-0.2, -0.15) is 0 Å². The first-order chi connectivity index (χ1) is 6.79. The molecule has 0 aliphatic carbocycles. The Balaban J connectivity index is 2.10. The second-order valence-electron chi connectivity index (χ2n) is 3.64. The average Bonchev–Trinajstić information content (AvgIpc) is 2.70. The van der Waals surface area contributed by atoms with Crippen molar-refractivity contribution < 1.29 is 0 Å². The number of nitrogens with zero attached hydrogens (tertiary/aromatic N) is 2. The van der Waals surface area contributed by atoms with Crippen molar-refractivity contribution >= 4 is 17.2 Å². The molecule has 76 valence electrons. The molecule has 0 radical (unpaired) electrons. The minimum Gasteiger partial charge on any atom is -0.351 e. The van der Waals surface area contributed by atoms with Gasteiger partial charge in [0, 0.05) is 24.5 Å². The van der Waals surface area contributed by atoms with Gasteiger partial charge in [0.2, 0.25) is 0 Å². The van der Waals surface area contributed by atoms with Gasteiger partial charge in [0.05, 0.1) is 11.9 Å². The molecule has 1 aromatic rings. The lowest BCUT2D eigenvalue weighted by Gasteiger charge is -2.33. The van der Waals surface area contributed by atoms with Gasteiger partial charge in [-0.25, -0.2) is 4.98 Å². The summed E-state index contributed by atoms with van der Waals surface area (Å²) in [4.78, 5) is 6.47. The number of nitrogens with one attached hydrogen (secondary N) is 1. The lowest BCUT2D eigenvalue weighted by atomic mass is 10.1. The van der Waals surface area contributed by atoms with Crippen LogP contribution in [0.25, 0.3) is 0 Å². The minimum absolute atomic E-state index is 0.280. The summed E-state index contributed by atoms with van der Waals surface area (Å²) in [6.07, 6.45) is 5.14. The first kappa shape index (κ1) is 9.65. The lowest BCUT2D eigenvalue weighted by molar-refractivity contribution is 0.299. The van der Waals surface area contributed by atoms with Crippen LogP contribution >= 0.6 is 11.3 Å². The standard InChI is InChI=1S/C10H15N3S/c1-8(10-12-5-7-14-10)13-6-3-2-4-9(13)11/h5,7-8,11H,2-4,6H2,1H3. The largest absolute Gasteiger partial charge is 0.351 e. The molecule has 0 spiro atoms. The molecule has 0 aromatic carbocycles. The fourth-order valence-electron chi connectivity index (χ4n) is 1.85. The van der Waals surface area contributed by atoms with Gasteiger partial charge in [-0.05, 0) is 19.8 Å². The van der Waals surface area contributed by atoms with Crippen molar-refractivity contribution in [3.8, 4) is 0 Å². The Bertz CT molecular complexity index is 307. The predicted octanol–water partition coefficient (Wildman–Crippen LogP) is 2.67. The molecule has 0 saturated carbocycles. The van der Waals surface area contributed by atoms with Crippen molar-refractivity contribution in [1.29, 1.82) is 5.41 Å². The Kier molecular flexibility index (Phi) is 2.82. The number of rotatable bonds is 2. The van der Waals surface area contributed by atoms with Crippen LogP contribution in [-0.2, 0) is 0 Å². The zero-order valence-electron chi connectivity index (χ0n) is 8.36. The van der Waals surface area contributed by atoms with Crippen LogP contribution in [0.1, 0.15) is 37.2 Å². The molecule has 0 bridgehead atoms. The molecule has 1 unspecified atom stereocenters. The molecule has 0 amide bonds. The van der Waals surface area contributed by atoms with E-state index in [1.807, 2.05) is 11.6 Å². The number of aromatic nitrogens is 1. The van der Waals surface area contributed by atoms with Crippen molar-refractivity contribution in [3.05, 3.63) is 16.6 Å². The Morgan fingerprint density at radius 1 is 1.57 bits per heavy atom. The molecule has 3 nitrogen and oxygen atoms in total. The Labute approximate surface area is 88.3 Å². The SMILES string of the molecule is CC(c1nccs1)N1CCCCC1=N. The van der Waals surface area contributed by atoms with Gasteiger partial charge in [0.1, 0.15) is 5.01 Å². The highest BCUT2D eigenvalue weighted by molar-refractivity contribution is 7.09. The molecule has 1 saturated heterocycles. The summed E-state index contributed by atoms with van der Waals surface area (Å²) in [5, 5.41) is 11.0. The highest BCUT2D eigenvalue weighted by Gasteiger charge is 2.22. The Morgan fingerprint density at radius 3 is 3.07 bits per heavy atom. The number of hydrogen-bond acceptors (Lipinski definition) is 3. The number of amidine groups is 1. The van der Waals surface area contributed by atoms with Gasteiger partial charge >= 0.3 is 0 Å². The van der Waals surface area contributed by atoms with E-state index in [0.717, 1.165) is 23.8 Å². The summed E-state index contributed by atoms with van der Waals surface area (Å²) < 4.78 is 0. The van der Waals surface area contributed by atoms with Crippen molar-refractivity contribution in [2.75, 3.05) is 6.54 Å². The van der Waals surface area contributed by atoms with Crippen LogP contribution in [0.4, 0.5) is 0 Å². The summed E-state index contributed by atoms with van der Waals surface area (Å²) in [5.41, 5.74) is 0. The van der Waals surface area contributed by atoms with Crippen LogP contribution in [0.5, 0.6) is 0 Å². The van der Waals surface area contributed by atoms with Crippen molar-refractivity contribution in [1.82, 2.24) is 9.88 Å². The summed E-state index contributed by atoms with van der Waals surface area (Å²) in [7, 11) is 0. The van der Waals surface area contributed by atoms with Gasteiger partial charge in [-0.3, -0.25) is 5.41 Å². The van der Waals surface area contributed by atoms with Gasteiger partial charge < -0.3 is 4.90 Å². The minimum atomic E-state index is 0.280. The monoisotopic (exact) mass is 209 g/mol. The van der Waals surface area contributed by atoms with E-state index in [0.29, 0.717) is 0 Å². The molecule has 2 heterocycles. The second-order valence-corrected chi connectivity index (χ2v) is 4.57. The van der Waals surface area contributed by atoms with Crippen LogP contribution in [0, 0.1) is 5.41 Å². The number of hydrogen-bond donors (Lipinski definition) is 1. The molecule has 14 heavy (non-hydrogen) atoms. The second kappa shape index (κ2) is 4.09. The third-order valence-electron chi connectivity index (χ3n) is 2.69. The molecular formula is C10H15N3S. The molecule has 1 aliphatic rings. The maximum atomic E-state index is 7.88. The summed E-state index contributed by atoms with van der Waals surface area (Å²) in [6.45, 7) is 3.15. The van der Waals surface area contributed by atoms with E-state index in [4.69, 9.17) is 5.41 Å². The maximum Gasteiger partial charge on any atom is 0.115 e. The van der Waals surface area contributed by atoms with E-state index in [2.05, 4.69) is 16.8 Å². The van der Waals surface area contributed by atoms with Crippen LogP contribution < -0.4 is 0 Å². The van der Waals surface area contributed by atoms with E-state index < -0.39 is 0 Å². The Hall–Kier alpha value is -0.900. The smallest absolute Gasteiger partial charge is 0.115 e. The summed E-state index contributed by atoms with van der Waals surface area (Å²) >= 11 is 1.68. The Morgan fingerprint density at radius 2 is 2.43 bits per heavy atom. The molecule has 1 aromatic heterocycles. The van der Waals surface area contributed by atoms with Crippen LogP contribution in [0.2, 0.25) is 0 Å². The van der Waals surface area contributed by atoms with E-state index in [-0.39, 0.29) is 6.04 Å².